The van der Waals surface area contributed by atoms with Crippen molar-refractivity contribution in [1.82, 2.24) is 4.90 Å². The first-order chi connectivity index (χ1) is 8.45. The lowest BCUT2D eigenvalue weighted by Crippen LogP contribution is -2.31. The van der Waals surface area contributed by atoms with Crippen molar-refractivity contribution in [3.05, 3.63) is 23.8 Å². The minimum Gasteiger partial charge on any atom is -0.465 e. The van der Waals surface area contributed by atoms with Gasteiger partial charge in [-0.1, -0.05) is 0 Å². The molecule has 0 aliphatic carbocycles. The molecule has 1 unspecified atom stereocenters. The van der Waals surface area contributed by atoms with Gasteiger partial charge in [-0.25, -0.2) is 4.79 Å². The first kappa shape index (κ1) is 14.3. The van der Waals surface area contributed by atoms with Crippen LogP contribution in [0.25, 0.3) is 0 Å². The van der Waals surface area contributed by atoms with Gasteiger partial charge in [-0.05, 0) is 39.2 Å². The van der Waals surface area contributed by atoms with E-state index in [0.717, 1.165) is 12.2 Å². The van der Waals surface area contributed by atoms with Crippen LogP contribution in [0.4, 0.5) is 11.4 Å². The standard InChI is InChI=1S/C13H21N3O2/c1-9(16(2)3)8-15-12-6-5-10(7-11(12)14)13(17)18-4/h5-7,9,15H,8,14H2,1-4H3. The van der Waals surface area contributed by atoms with Crippen LogP contribution in [0, 0.1) is 0 Å². The largest absolute Gasteiger partial charge is 0.465 e. The topological polar surface area (TPSA) is 67.6 Å². The van der Waals surface area contributed by atoms with Gasteiger partial charge in [0.25, 0.3) is 0 Å². The lowest BCUT2D eigenvalue weighted by Gasteiger charge is -2.21. The Balaban J connectivity index is 2.71. The number of nitrogen functional groups attached to an aromatic ring is 1. The van der Waals surface area contributed by atoms with E-state index in [0.29, 0.717) is 17.3 Å². The molecule has 5 nitrogen and oxygen atoms in total. The molecule has 3 N–H and O–H groups in total. The van der Waals surface area contributed by atoms with Gasteiger partial charge in [0.05, 0.1) is 24.0 Å². The molecule has 0 saturated heterocycles. The van der Waals surface area contributed by atoms with Crippen molar-refractivity contribution in [2.45, 2.75) is 13.0 Å². The lowest BCUT2D eigenvalue weighted by atomic mass is 10.1. The van der Waals surface area contributed by atoms with Crippen LogP contribution in [0.3, 0.4) is 0 Å². The zero-order valence-corrected chi connectivity index (χ0v) is 11.4. The summed E-state index contributed by atoms with van der Waals surface area (Å²) in [6, 6.07) is 5.51. The maximum Gasteiger partial charge on any atom is 0.337 e. The number of nitrogens with one attached hydrogen (secondary N) is 1. The molecule has 0 saturated carbocycles. The Hall–Kier alpha value is -1.75. The lowest BCUT2D eigenvalue weighted by molar-refractivity contribution is 0.0601. The number of nitrogens with zero attached hydrogens (tertiary/aromatic N) is 1. The van der Waals surface area contributed by atoms with Gasteiger partial charge in [0, 0.05) is 12.6 Å². The van der Waals surface area contributed by atoms with Crippen LogP contribution in [-0.2, 0) is 4.74 Å². The Bertz CT molecular complexity index is 419. The zero-order valence-electron chi connectivity index (χ0n) is 11.4. The normalized spacial score (nSPS) is 12.3. The number of benzene rings is 1. The molecule has 18 heavy (non-hydrogen) atoms. The number of likely N-dealkylation sites (N-methyl/N-ethyl adjacent to an activating group) is 1. The molecular formula is C13H21N3O2. The van der Waals surface area contributed by atoms with Gasteiger partial charge in [-0.15, -0.1) is 0 Å². The fourth-order valence-electron chi connectivity index (χ4n) is 1.41. The van der Waals surface area contributed by atoms with Crippen LogP contribution in [0.5, 0.6) is 0 Å². The molecule has 1 aromatic rings. The van der Waals surface area contributed by atoms with Crippen LogP contribution >= 0.6 is 0 Å². The van der Waals surface area contributed by atoms with E-state index in [4.69, 9.17) is 5.73 Å². The van der Waals surface area contributed by atoms with Gasteiger partial charge >= 0.3 is 5.97 Å². The first-order valence-electron chi connectivity index (χ1n) is 5.83. The van der Waals surface area contributed by atoms with E-state index in [-0.39, 0.29) is 5.97 Å². The Labute approximate surface area is 108 Å². The van der Waals surface area contributed by atoms with Crippen LogP contribution in [0.15, 0.2) is 18.2 Å². The number of esters is 1. The third kappa shape index (κ3) is 3.63. The number of ether oxygens (including phenoxy) is 1. The van der Waals surface area contributed by atoms with Gasteiger partial charge in [-0.2, -0.15) is 0 Å². The van der Waals surface area contributed by atoms with E-state index >= 15 is 0 Å². The van der Waals surface area contributed by atoms with Gasteiger partial charge in [-0.3, -0.25) is 0 Å². The maximum absolute atomic E-state index is 11.3. The predicted molar refractivity (Wildman–Crippen MR) is 73.8 cm³/mol. The fourth-order valence-corrected chi connectivity index (χ4v) is 1.41. The van der Waals surface area contributed by atoms with Crippen molar-refractivity contribution in [2.24, 2.45) is 0 Å². The number of methoxy groups -OCH3 is 1. The number of carbonyl (C=O) groups is 1. The van der Waals surface area contributed by atoms with Gasteiger partial charge in [0.15, 0.2) is 0 Å². The SMILES string of the molecule is COC(=O)c1ccc(NCC(C)N(C)C)c(N)c1. The predicted octanol–water partition coefficient (Wildman–Crippen LogP) is 1.42. The molecule has 5 heteroatoms. The van der Waals surface area contributed by atoms with E-state index in [2.05, 4.69) is 21.9 Å². The number of carbonyl (C=O) groups excluding carboxylic acids is 1. The quantitative estimate of drug-likeness (QED) is 0.612. The molecule has 0 bridgehead atoms. The summed E-state index contributed by atoms with van der Waals surface area (Å²) in [5, 5.41) is 3.26. The minimum absolute atomic E-state index is 0.380. The molecule has 0 aliphatic rings. The Kier molecular flexibility index (Phi) is 4.97. The van der Waals surface area contributed by atoms with Crippen LogP contribution < -0.4 is 11.1 Å². The van der Waals surface area contributed by atoms with Crippen molar-refractivity contribution < 1.29 is 9.53 Å². The molecule has 1 rings (SSSR count). The summed E-state index contributed by atoms with van der Waals surface area (Å²) < 4.78 is 4.64. The summed E-state index contributed by atoms with van der Waals surface area (Å²) in [4.78, 5) is 13.4. The van der Waals surface area contributed by atoms with Crippen molar-refractivity contribution in [1.29, 1.82) is 0 Å². The summed E-state index contributed by atoms with van der Waals surface area (Å²) in [6.07, 6.45) is 0. The van der Waals surface area contributed by atoms with E-state index in [9.17, 15) is 4.79 Å². The summed E-state index contributed by atoms with van der Waals surface area (Å²) >= 11 is 0. The molecule has 0 radical (unpaired) electrons. The van der Waals surface area contributed by atoms with E-state index < -0.39 is 0 Å². The molecule has 1 aromatic carbocycles. The summed E-state index contributed by atoms with van der Waals surface area (Å²) in [6.45, 7) is 2.90. The molecule has 0 spiro atoms. The molecule has 0 amide bonds. The van der Waals surface area contributed by atoms with Gasteiger partial charge < -0.3 is 20.7 Å². The highest BCUT2D eigenvalue weighted by Gasteiger charge is 2.09. The number of hydrogen-bond donors (Lipinski definition) is 2. The molecule has 0 aliphatic heterocycles. The number of nitrogens with two attached hydrogens (primary N) is 1. The Morgan fingerprint density at radius 2 is 2.17 bits per heavy atom. The highest BCUT2D eigenvalue weighted by Crippen LogP contribution is 2.20. The monoisotopic (exact) mass is 251 g/mol. The van der Waals surface area contributed by atoms with E-state index in [1.54, 1.807) is 18.2 Å². The Morgan fingerprint density at radius 1 is 1.50 bits per heavy atom. The molecule has 0 fully saturated rings. The van der Waals surface area contributed by atoms with Gasteiger partial charge in [0.2, 0.25) is 0 Å². The zero-order chi connectivity index (χ0) is 13.7. The molecule has 1 atom stereocenters. The summed E-state index contributed by atoms with van der Waals surface area (Å²) in [5.74, 6) is -0.380. The van der Waals surface area contributed by atoms with E-state index in [1.807, 2.05) is 14.1 Å². The second-order valence-corrected chi connectivity index (χ2v) is 4.49. The maximum atomic E-state index is 11.3. The van der Waals surface area contributed by atoms with Crippen molar-refractivity contribution in [3.8, 4) is 0 Å². The average molecular weight is 251 g/mol. The molecule has 0 heterocycles. The Morgan fingerprint density at radius 3 is 2.67 bits per heavy atom. The number of hydrogen-bond acceptors (Lipinski definition) is 5. The second-order valence-electron chi connectivity index (χ2n) is 4.49. The minimum atomic E-state index is -0.380. The van der Waals surface area contributed by atoms with Gasteiger partial charge in [0.1, 0.15) is 0 Å². The van der Waals surface area contributed by atoms with E-state index in [1.165, 1.54) is 7.11 Å². The van der Waals surface area contributed by atoms with Crippen molar-refractivity contribution in [3.63, 3.8) is 0 Å². The summed E-state index contributed by atoms with van der Waals surface area (Å²) in [5.41, 5.74) is 7.73. The number of anilines is 2. The smallest absolute Gasteiger partial charge is 0.337 e. The highest BCUT2D eigenvalue weighted by molar-refractivity contribution is 5.91. The van der Waals surface area contributed by atoms with Crippen LogP contribution in [-0.4, -0.2) is 44.7 Å². The van der Waals surface area contributed by atoms with Crippen molar-refractivity contribution >= 4 is 17.3 Å². The van der Waals surface area contributed by atoms with Crippen molar-refractivity contribution in [2.75, 3.05) is 38.8 Å². The third-order valence-corrected chi connectivity index (χ3v) is 2.94. The molecule has 100 valence electrons. The number of rotatable bonds is 5. The fraction of sp³-hybridized carbons (Fsp3) is 0.462. The third-order valence-electron chi connectivity index (χ3n) is 2.94. The first-order valence-corrected chi connectivity index (χ1v) is 5.83. The molecule has 0 aromatic heterocycles. The van der Waals surface area contributed by atoms with Crippen LogP contribution in [0.2, 0.25) is 0 Å². The van der Waals surface area contributed by atoms with Crippen LogP contribution in [0.1, 0.15) is 17.3 Å². The summed E-state index contributed by atoms with van der Waals surface area (Å²) in [7, 11) is 5.40. The highest BCUT2D eigenvalue weighted by atomic mass is 16.5. The second kappa shape index (κ2) is 6.26. The average Bonchev–Trinajstić information content (AvgIpc) is 2.35. The molecular weight excluding hydrogens is 230 g/mol.